The molecule has 138 valence electrons. The van der Waals surface area contributed by atoms with Crippen LogP contribution in [0.5, 0.6) is 11.5 Å². The number of ether oxygens (including phenoxy) is 3. The molecule has 1 heterocycles. The molecule has 0 bridgehead atoms. The zero-order valence-corrected chi connectivity index (χ0v) is 17.2. The number of hydrogen-bond acceptors (Lipinski definition) is 4. The van der Waals surface area contributed by atoms with E-state index in [4.69, 9.17) is 14.2 Å². The van der Waals surface area contributed by atoms with Gasteiger partial charge in [0.05, 0.1) is 6.10 Å². The fourth-order valence-corrected chi connectivity index (χ4v) is 4.10. The lowest BCUT2D eigenvalue weighted by Crippen LogP contribution is -2.37. The molecule has 1 aromatic rings. The Morgan fingerprint density at radius 1 is 1.24 bits per heavy atom. The van der Waals surface area contributed by atoms with Gasteiger partial charge in [-0.2, -0.15) is 0 Å². The molecule has 0 amide bonds. The molecule has 1 aliphatic heterocycles. The average Bonchev–Trinajstić information content (AvgIpc) is 2.90. The second-order valence-electron chi connectivity index (χ2n) is 7.29. The number of halogens is 1. The molecule has 3 rings (SSSR count). The van der Waals surface area contributed by atoms with E-state index in [-0.39, 0.29) is 27.7 Å². The maximum Gasteiger partial charge on any atom is 0.324 e. The van der Waals surface area contributed by atoms with Crippen molar-refractivity contribution in [1.29, 1.82) is 0 Å². The summed E-state index contributed by atoms with van der Waals surface area (Å²) >= 11 is 2.11. The largest absolute Gasteiger partial charge is 0.464 e. The summed E-state index contributed by atoms with van der Waals surface area (Å²) in [5, 5.41) is 0. The van der Waals surface area contributed by atoms with Crippen LogP contribution in [-0.4, -0.2) is 22.3 Å². The molecule has 3 unspecified atom stereocenters. The molecule has 3 atom stereocenters. The van der Waals surface area contributed by atoms with Crippen LogP contribution >= 0.6 is 22.6 Å². The number of carbonyl (C=O) groups excluding carboxylic acids is 1. The maximum absolute atomic E-state index is 11.9. The molecule has 0 radical (unpaired) electrons. The first-order chi connectivity index (χ1) is 12.0. The zero-order valence-electron chi connectivity index (χ0n) is 15.0. The molecule has 1 saturated heterocycles. The van der Waals surface area contributed by atoms with Crippen molar-refractivity contribution in [3.63, 3.8) is 0 Å². The van der Waals surface area contributed by atoms with Gasteiger partial charge in [0.1, 0.15) is 15.4 Å². The number of esters is 1. The van der Waals surface area contributed by atoms with E-state index in [0.29, 0.717) is 5.75 Å². The number of hydrogen-bond donors (Lipinski definition) is 0. The summed E-state index contributed by atoms with van der Waals surface area (Å²) in [5.41, 5.74) is 0.165. The normalized spacial score (nSPS) is 26.4. The second kappa shape index (κ2) is 8.25. The lowest BCUT2D eigenvalue weighted by Gasteiger charge is -2.36. The smallest absolute Gasteiger partial charge is 0.324 e. The van der Waals surface area contributed by atoms with Crippen LogP contribution in [0.15, 0.2) is 24.3 Å². The van der Waals surface area contributed by atoms with Gasteiger partial charge in [0, 0.05) is 5.41 Å². The van der Waals surface area contributed by atoms with Gasteiger partial charge in [-0.1, -0.05) is 48.8 Å². The van der Waals surface area contributed by atoms with Gasteiger partial charge >= 0.3 is 5.97 Å². The van der Waals surface area contributed by atoms with Crippen molar-refractivity contribution in [1.82, 2.24) is 0 Å². The molecule has 1 aliphatic carbocycles. The van der Waals surface area contributed by atoms with Gasteiger partial charge < -0.3 is 14.2 Å². The Balaban J connectivity index is 1.63. The first kappa shape index (κ1) is 19.0. The van der Waals surface area contributed by atoms with Crippen LogP contribution in [0, 0.1) is 5.41 Å². The predicted molar refractivity (Wildman–Crippen MR) is 105 cm³/mol. The first-order valence-electron chi connectivity index (χ1n) is 9.30. The molecule has 1 saturated carbocycles. The fraction of sp³-hybridized carbons (Fsp3) is 0.650. The Labute approximate surface area is 163 Å². The number of benzene rings is 1. The third kappa shape index (κ3) is 4.48. The van der Waals surface area contributed by atoms with Crippen LogP contribution in [0.1, 0.15) is 58.8 Å². The van der Waals surface area contributed by atoms with Crippen molar-refractivity contribution in [2.45, 2.75) is 75.1 Å². The Hall–Kier alpha value is -0.820. The van der Waals surface area contributed by atoms with Crippen molar-refractivity contribution in [2.75, 3.05) is 0 Å². The van der Waals surface area contributed by atoms with Crippen LogP contribution in [0.4, 0.5) is 0 Å². The highest BCUT2D eigenvalue weighted by molar-refractivity contribution is 14.1. The van der Waals surface area contributed by atoms with Gasteiger partial charge in [0.2, 0.25) is 6.29 Å². The quantitative estimate of drug-likeness (QED) is 0.261. The summed E-state index contributed by atoms with van der Waals surface area (Å²) in [6.45, 7) is 4.11. The summed E-state index contributed by atoms with van der Waals surface area (Å²) < 4.78 is 17.6. The van der Waals surface area contributed by atoms with Crippen LogP contribution in [0.3, 0.4) is 0 Å². The minimum atomic E-state index is -0.203. The minimum absolute atomic E-state index is 0.118. The molecular weight excluding hydrogens is 431 g/mol. The molecule has 2 aliphatic rings. The highest BCUT2D eigenvalue weighted by Gasteiger charge is 2.49. The lowest BCUT2D eigenvalue weighted by atomic mass is 9.71. The maximum atomic E-state index is 11.9. The molecule has 5 heteroatoms. The van der Waals surface area contributed by atoms with Crippen LogP contribution in [0.25, 0.3) is 0 Å². The van der Waals surface area contributed by atoms with Gasteiger partial charge in [-0.3, -0.25) is 4.79 Å². The number of alkyl halides is 1. The molecule has 25 heavy (non-hydrogen) atoms. The summed E-state index contributed by atoms with van der Waals surface area (Å²) in [5.74, 6) is 1.12. The van der Waals surface area contributed by atoms with Crippen molar-refractivity contribution in [3.05, 3.63) is 24.3 Å². The number of rotatable bonds is 5. The molecule has 1 aromatic carbocycles. The summed E-state index contributed by atoms with van der Waals surface area (Å²) in [7, 11) is 0. The summed E-state index contributed by atoms with van der Waals surface area (Å²) in [4.78, 5) is 11.9. The third-order valence-corrected chi connectivity index (χ3v) is 6.69. The van der Waals surface area contributed by atoms with Crippen molar-refractivity contribution < 1.29 is 19.0 Å². The van der Waals surface area contributed by atoms with Gasteiger partial charge in [-0.15, -0.1) is 0 Å². The standard InChI is InChI=1S/C20H27IO4/c1-3-17(21)18(22)24-15-7-9-16(10-8-15)25-19-20(13-14(2)23-19)11-5-4-6-12-20/h7-10,14,17,19H,3-6,11-13H2,1-2H3. The van der Waals surface area contributed by atoms with E-state index in [9.17, 15) is 4.79 Å². The molecule has 1 spiro atoms. The van der Waals surface area contributed by atoms with Crippen molar-refractivity contribution >= 4 is 28.6 Å². The van der Waals surface area contributed by atoms with E-state index in [1.165, 1.54) is 32.1 Å². The Morgan fingerprint density at radius 2 is 1.88 bits per heavy atom. The number of carbonyl (C=O) groups is 1. The molecular formula is C20H27IO4. The predicted octanol–water partition coefficient (Wildman–Crippen LogP) is 5.27. The van der Waals surface area contributed by atoms with Crippen molar-refractivity contribution in [3.8, 4) is 11.5 Å². The van der Waals surface area contributed by atoms with Gasteiger partial charge in [0.15, 0.2) is 0 Å². The average molecular weight is 458 g/mol. The second-order valence-corrected chi connectivity index (χ2v) is 8.80. The molecule has 0 N–H and O–H groups in total. The Morgan fingerprint density at radius 3 is 2.52 bits per heavy atom. The first-order valence-corrected chi connectivity index (χ1v) is 10.5. The molecule has 4 nitrogen and oxygen atoms in total. The van der Waals surface area contributed by atoms with Gasteiger partial charge in [-0.05, 0) is 56.9 Å². The van der Waals surface area contributed by atoms with Crippen LogP contribution in [-0.2, 0) is 9.53 Å². The minimum Gasteiger partial charge on any atom is -0.464 e. The van der Waals surface area contributed by atoms with Gasteiger partial charge in [-0.25, -0.2) is 0 Å². The summed E-state index contributed by atoms with van der Waals surface area (Å²) in [6, 6.07) is 7.30. The zero-order chi connectivity index (χ0) is 17.9. The van der Waals surface area contributed by atoms with E-state index in [1.54, 1.807) is 12.1 Å². The molecule has 0 aromatic heterocycles. The Kier molecular flexibility index (Phi) is 6.25. The van der Waals surface area contributed by atoms with Crippen LogP contribution in [0.2, 0.25) is 0 Å². The lowest BCUT2D eigenvalue weighted by molar-refractivity contribution is -0.133. The van der Waals surface area contributed by atoms with Crippen molar-refractivity contribution in [2.24, 2.45) is 5.41 Å². The monoisotopic (exact) mass is 458 g/mol. The SMILES string of the molecule is CCC(I)C(=O)Oc1ccc(OC2OC(C)CC23CCCCC3)cc1. The highest BCUT2D eigenvalue weighted by atomic mass is 127. The van der Waals surface area contributed by atoms with E-state index in [2.05, 4.69) is 29.5 Å². The van der Waals surface area contributed by atoms with E-state index in [0.717, 1.165) is 18.6 Å². The third-order valence-electron chi connectivity index (χ3n) is 5.30. The van der Waals surface area contributed by atoms with Gasteiger partial charge in [0.25, 0.3) is 0 Å². The van der Waals surface area contributed by atoms with E-state index < -0.39 is 0 Å². The van der Waals surface area contributed by atoms with E-state index in [1.807, 2.05) is 19.1 Å². The fourth-order valence-electron chi connectivity index (χ4n) is 3.98. The summed E-state index contributed by atoms with van der Waals surface area (Å²) in [6.07, 6.45) is 8.14. The highest BCUT2D eigenvalue weighted by Crippen LogP contribution is 2.49. The topological polar surface area (TPSA) is 44.8 Å². The molecule has 2 fully saturated rings. The Bertz CT molecular complexity index is 580. The van der Waals surface area contributed by atoms with Crippen LogP contribution < -0.4 is 9.47 Å². The van der Waals surface area contributed by atoms with E-state index >= 15 is 0 Å².